The van der Waals surface area contributed by atoms with Crippen LogP contribution in [0, 0.1) is 0 Å². The lowest BCUT2D eigenvalue weighted by atomic mass is 10.2. The van der Waals surface area contributed by atoms with Crippen LogP contribution in [-0.4, -0.2) is 32.0 Å². The van der Waals surface area contributed by atoms with Gasteiger partial charge in [0, 0.05) is 31.3 Å². The van der Waals surface area contributed by atoms with Crippen LogP contribution in [0.1, 0.15) is 17.3 Å². The number of nitrogens with one attached hydrogen (secondary N) is 1. The quantitative estimate of drug-likeness (QED) is 0.829. The predicted octanol–water partition coefficient (Wildman–Crippen LogP) is 3.78. The summed E-state index contributed by atoms with van der Waals surface area (Å²) in [5.41, 5.74) is 1.14. The fourth-order valence-electron chi connectivity index (χ4n) is 2.25. The summed E-state index contributed by atoms with van der Waals surface area (Å²) >= 11 is 11.8. The number of carbonyl (C=O) groups excluding carboxylic acids is 2. The molecule has 0 unspecified atom stereocenters. The first-order chi connectivity index (χ1) is 11.9. The molecule has 2 rings (SSSR count). The molecular weight excluding hydrogens is 363 g/mol. The van der Waals surface area contributed by atoms with Crippen LogP contribution >= 0.6 is 23.2 Å². The van der Waals surface area contributed by atoms with Gasteiger partial charge in [0.25, 0.3) is 5.91 Å². The number of halogens is 2. The zero-order chi connectivity index (χ0) is 18.4. The Morgan fingerprint density at radius 2 is 1.76 bits per heavy atom. The van der Waals surface area contributed by atoms with Crippen molar-refractivity contribution in [3.63, 3.8) is 0 Å². The van der Waals surface area contributed by atoms with Gasteiger partial charge in [-0.15, -0.1) is 0 Å². The average molecular weight is 381 g/mol. The van der Waals surface area contributed by atoms with Crippen molar-refractivity contribution in [1.29, 1.82) is 0 Å². The minimum absolute atomic E-state index is 0.117. The summed E-state index contributed by atoms with van der Waals surface area (Å²) < 4.78 is 5.11. The maximum atomic E-state index is 12.1. The van der Waals surface area contributed by atoms with Crippen LogP contribution < -0.4 is 15.0 Å². The van der Waals surface area contributed by atoms with Crippen molar-refractivity contribution in [2.45, 2.75) is 6.92 Å². The molecule has 2 amide bonds. The number of carbonyl (C=O) groups is 2. The Hall–Kier alpha value is -2.24. The van der Waals surface area contributed by atoms with Crippen LogP contribution in [0.25, 0.3) is 0 Å². The molecule has 0 fully saturated rings. The average Bonchev–Trinajstić information content (AvgIpc) is 2.60. The molecule has 0 aliphatic carbocycles. The van der Waals surface area contributed by atoms with E-state index in [1.165, 1.54) is 13.0 Å². The Labute approximate surface area is 156 Å². The van der Waals surface area contributed by atoms with E-state index in [1.54, 1.807) is 48.4 Å². The molecule has 0 heterocycles. The lowest BCUT2D eigenvalue weighted by molar-refractivity contribution is -0.116. The Morgan fingerprint density at radius 1 is 1.08 bits per heavy atom. The molecule has 7 heteroatoms. The predicted molar refractivity (Wildman–Crippen MR) is 99.8 cm³/mol. The summed E-state index contributed by atoms with van der Waals surface area (Å²) in [4.78, 5) is 25.6. The summed E-state index contributed by atoms with van der Waals surface area (Å²) in [6.45, 7) is 2.12. The highest BCUT2D eigenvalue weighted by molar-refractivity contribution is 6.42. The molecule has 0 saturated heterocycles. The van der Waals surface area contributed by atoms with E-state index < -0.39 is 0 Å². The minimum Gasteiger partial charge on any atom is -0.497 e. The van der Waals surface area contributed by atoms with E-state index in [0.29, 0.717) is 34.4 Å². The third-order valence-electron chi connectivity index (χ3n) is 3.57. The van der Waals surface area contributed by atoms with E-state index in [1.807, 2.05) is 0 Å². The number of methoxy groups -OCH3 is 1. The minimum atomic E-state index is -0.281. The Bertz CT molecular complexity index is 763. The number of rotatable bonds is 6. The third-order valence-corrected chi connectivity index (χ3v) is 4.31. The highest BCUT2D eigenvalue weighted by Crippen LogP contribution is 2.22. The van der Waals surface area contributed by atoms with Crippen molar-refractivity contribution < 1.29 is 14.3 Å². The van der Waals surface area contributed by atoms with Crippen LogP contribution in [0.4, 0.5) is 5.69 Å². The first-order valence-electron chi connectivity index (χ1n) is 7.57. The smallest absolute Gasteiger partial charge is 0.251 e. The molecule has 0 aliphatic rings. The van der Waals surface area contributed by atoms with Crippen molar-refractivity contribution >= 4 is 40.7 Å². The molecule has 0 spiro atoms. The lowest BCUT2D eigenvalue weighted by Crippen LogP contribution is -2.37. The van der Waals surface area contributed by atoms with E-state index in [9.17, 15) is 9.59 Å². The monoisotopic (exact) mass is 380 g/mol. The number of hydrogen-bond acceptors (Lipinski definition) is 3. The van der Waals surface area contributed by atoms with Gasteiger partial charge in [0.1, 0.15) is 5.75 Å². The van der Waals surface area contributed by atoms with Crippen molar-refractivity contribution in [2.75, 3.05) is 25.1 Å². The van der Waals surface area contributed by atoms with Gasteiger partial charge in [0.05, 0.1) is 17.2 Å². The van der Waals surface area contributed by atoms with E-state index >= 15 is 0 Å². The standard InChI is InChI=1S/C18H18Cl2N2O3/c1-12(23)22(14-4-6-15(25-2)7-5-14)10-9-21-18(24)13-3-8-16(19)17(20)11-13/h3-8,11H,9-10H2,1-2H3,(H,21,24). The van der Waals surface area contributed by atoms with Gasteiger partial charge in [-0.1, -0.05) is 23.2 Å². The summed E-state index contributed by atoms with van der Waals surface area (Å²) in [5.74, 6) is 0.311. The van der Waals surface area contributed by atoms with Crippen LogP contribution in [0.5, 0.6) is 5.75 Å². The number of hydrogen-bond donors (Lipinski definition) is 1. The number of ether oxygens (including phenoxy) is 1. The maximum Gasteiger partial charge on any atom is 0.251 e. The van der Waals surface area contributed by atoms with Crippen molar-refractivity contribution in [3.05, 3.63) is 58.1 Å². The summed E-state index contributed by atoms with van der Waals surface area (Å²) in [7, 11) is 1.58. The van der Waals surface area contributed by atoms with Gasteiger partial charge in [-0.25, -0.2) is 0 Å². The summed E-state index contributed by atoms with van der Waals surface area (Å²) in [6.07, 6.45) is 0. The topological polar surface area (TPSA) is 58.6 Å². The zero-order valence-corrected chi connectivity index (χ0v) is 15.4. The molecule has 2 aromatic rings. The van der Waals surface area contributed by atoms with Gasteiger partial charge in [-0.05, 0) is 42.5 Å². The fourth-order valence-corrected chi connectivity index (χ4v) is 2.55. The fraction of sp³-hybridized carbons (Fsp3) is 0.222. The summed E-state index contributed by atoms with van der Waals surface area (Å²) in [6, 6.07) is 11.8. The second-order valence-corrected chi connectivity index (χ2v) is 6.07. The van der Waals surface area contributed by atoms with Gasteiger partial charge in [-0.2, -0.15) is 0 Å². The number of anilines is 1. The van der Waals surface area contributed by atoms with E-state index in [-0.39, 0.29) is 11.8 Å². The molecule has 0 aromatic heterocycles. The van der Waals surface area contributed by atoms with Crippen LogP contribution in [0.2, 0.25) is 10.0 Å². The highest BCUT2D eigenvalue weighted by atomic mass is 35.5. The lowest BCUT2D eigenvalue weighted by Gasteiger charge is -2.21. The molecule has 0 aliphatic heterocycles. The van der Waals surface area contributed by atoms with E-state index in [4.69, 9.17) is 27.9 Å². The van der Waals surface area contributed by atoms with Gasteiger partial charge < -0.3 is 15.0 Å². The van der Waals surface area contributed by atoms with Crippen LogP contribution in [0.3, 0.4) is 0 Å². The van der Waals surface area contributed by atoms with E-state index in [0.717, 1.165) is 5.69 Å². The molecule has 25 heavy (non-hydrogen) atoms. The summed E-state index contributed by atoms with van der Waals surface area (Å²) in [5, 5.41) is 3.47. The molecule has 2 aromatic carbocycles. The van der Waals surface area contributed by atoms with Crippen LogP contribution in [-0.2, 0) is 4.79 Å². The first-order valence-corrected chi connectivity index (χ1v) is 8.33. The first kappa shape index (κ1) is 19.1. The molecule has 0 radical (unpaired) electrons. The Morgan fingerprint density at radius 3 is 2.32 bits per heavy atom. The maximum absolute atomic E-state index is 12.1. The second-order valence-electron chi connectivity index (χ2n) is 5.25. The van der Waals surface area contributed by atoms with Crippen LogP contribution in [0.15, 0.2) is 42.5 Å². The van der Waals surface area contributed by atoms with Gasteiger partial charge in [0.15, 0.2) is 0 Å². The van der Waals surface area contributed by atoms with Gasteiger partial charge >= 0.3 is 0 Å². The highest BCUT2D eigenvalue weighted by Gasteiger charge is 2.13. The number of benzene rings is 2. The van der Waals surface area contributed by atoms with Crippen molar-refractivity contribution in [1.82, 2.24) is 5.32 Å². The van der Waals surface area contributed by atoms with Crippen molar-refractivity contribution in [2.24, 2.45) is 0 Å². The van der Waals surface area contributed by atoms with E-state index in [2.05, 4.69) is 5.32 Å². The molecular formula is C18H18Cl2N2O3. The van der Waals surface area contributed by atoms with Crippen molar-refractivity contribution in [3.8, 4) is 5.75 Å². The largest absolute Gasteiger partial charge is 0.497 e. The third kappa shape index (κ3) is 5.11. The molecule has 132 valence electrons. The molecule has 0 saturated carbocycles. The molecule has 5 nitrogen and oxygen atoms in total. The number of nitrogens with zero attached hydrogens (tertiary/aromatic N) is 1. The van der Waals surface area contributed by atoms with Gasteiger partial charge in [0.2, 0.25) is 5.91 Å². The zero-order valence-electron chi connectivity index (χ0n) is 13.9. The molecule has 0 atom stereocenters. The number of amides is 2. The van der Waals surface area contributed by atoms with Gasteiger partial charge in [-0.3, -0.25) is 9.59 Å². The Kier molecular flexibility index (Phi) is 6.67. The SMILES string of the molecule is COc1ccc(N(CCNC(=O)c2ccc(Cl)c(Cl)c2)C(C)=O)cc1. The normalized spacial score (nSPS) is 10.2. The molecule has 0 bridgehead atoms. The molecule has 1 N–H and O–H groups in total. The Balaban J connectivity index is 1.97. The second kappa shape index (κ2) is 8.74.